The molecule has 5 nitrogen and oxygen atoms in total. The summed E-state index contributed by atoms with van der Waals surface area (Å²) in [6, 6.07) is 12.8. The van der Waals surface area contributed by atoms with Crippen LogP contribution in [-0.2, 0) is 4.79 Å². The second-order valence-corrected chi connectivity index (χ2v) is 6.89. The smallest absolute Gasteiger partial charge is 0.237 e. The van der Waals surface area contributed by atoms with Crippen molar-refractivity contribution in [2.24, 2.45) is 0 Å². The number of para-hydroxylation sites is 1. The predicted octanol–water partition coefficient (Wildman–Crippen LogP) is 4.34. The number of halogens is 1. The number of thioether (sulfide) groups is 1. The minimum atomic E-state index is -0.330. The first-order valence-corrected chi connectivity index (χ1v) is 8.58. The van der Waals surface area contributed by atoms with Crippen LogP contribution in [0.4, 0.5) is 5.69 Å². The molecule has 0 radical (unpaired) electrons. The highest BCUT2D eigenvalue weighted by Gasteiger charge is 2.17. The lowest BCUT2D eigenvalue weighted by molar-refractivity contribution is -0.115. The van der Waals surface area contributed by atoms with Crippen molar-refractivity contribution in [2.45, 2.75) is 17.3 Å². The Morgan fingerprint density at radius 2 is 2.12 bits per heavy atom. The number of H-pyrrole nitrogens is 1. The van der Waals surface area contributed by atoms with Crippen molar-refractivity contribution in [1.29, 1.82) is 0 Å². The monoisotopic (exact) mass is 361 g/mol. The second kappa shape index (κ2) is 7.15. The van der Waals surface area contributed by atoms with Gasteiger partial charge in [-0.05, 0) is 31.2 Å². The maximum atomic E-state index is 12.3. The first-order valence-electron chi connectivity index (χ1n) is 7.32. The van der Waals surface area contributed by atoms with Crippen LogP contribution >= 0.6 is 23.4 Å². The molecule has 0 fully saturated rings. The van der Waals surface area contributed by atoms with E-state index >= 15 is 0 Å². The molecule has 0 aliphatic carbocycles. The Morgan fingerprint density at radius 1 is 1.33 bits per heavy atom. The fourth-order valence-corrected chi connectivity index (χ4v) is 3.17. The summed E-state index contributed by atoms with van der Waals surface area (Å²) in [5.74, 6) is 0.623. The van der Waals surface area contributed by atoms with E-state index in [-0.39, 0.29) is 11.2 Å². The maximum Gasteiger partial charge on any atom is 0.237 e. The number of aromatic amines is 1. The average Bonchev–Trinajstić information content (AvgIpc) is 2.97. The highest BCUT2D eigenvalue weighted by Crippen LogP contribution is 2.27. The van der Waals surface area contributed by atoms with E-state index in [2.05, 4.69) is 15.3 Å². The molecular weight excluding hydrogens is 346 g/mol. The van der Waals surface area contributed by atoms with Crippen molar-refractivity contribution < 1.29 is 9.53 Å². The minimum absolute atomic E-state index is 0.133. The first-order chi connectivity index (χ1) is 11.6. The third-order valence-electron chi connectivity index (χ3n) is 3.46. The van der Waals surface area contributed by atoms with Gasteiger partial charge in [0.1, 0.15) is 5.75 Å². The fourth-order valence-electron chi connectivity index (χ4n) is 2.17. The van der Waals surface area contributed by atoms with Crippen molar-refractivity contribution >= 4 is 46.0 Å². The van der Waals surface area contributed by atoms with Crippen molar-refractivity contribution in [3.05, 3.63) is 47.5 Å². The summed E-state index contributed by atoms with van der Waals surface area (Å²) < 4.78 is 5.20. The van der Waals surface area contributed by atoms with Gasteiger partial charge in [0.2, 0.25) is 5.91 Å². The topological polar surface area (TPSA) is 67.0 Å². The molecule has 0 aliphatic heterocycles. The Morgan fingerprint density at radius 3 is 2.88 bits per heavy atom. The number of hydrogen-bond donors (Lipinski definition) is 2. The predicted molar refractivity (Wildman–Crippen MR) is 98.0 cm³/mol. The Hall–Kier alpha value is -2.18. The van der Waals surface area contributed by atoms with Gasteiger partial charge < -0.3 is 15.0 Å². The Kier molecular flexibility index (Phi) is 4.97. The largest absolute Gasteiger partial charge is 0.497 e. The maximum absolute atomic E-state index is 12.3. The van der Waals surface area contributed by atoms with Gasteiger partial charge in [0, 0.05) is 6.07 Å². The van der Waals surface area contributed by atoms with Crippen LogP contribution < -0.4 is 10.1 Å². The Labute approximate surface area is 148 Å². The quantitative estimate of drug-likeness (QED) is 0.663. The summed E-state index contributed by atoms with van der Waals surface area (Å²) in [5, 5.41) is 3.69. The van der Waals surface area contributed by atoms with Gasteiger partial charge in [0.15, 0.2) is 5.16 Å². The van der Waals surface area contributed by atoms with Crippen LogP contribution in [0.5, 0.6) is 5.75 Å². The molecule has 24 heavy (non-hydrogen) atoms. The molecule has 0 saturated carbocycles. The normalized spacial score (nSPS) is 12.1. The van der Waals surface area contributed by atoms with Gasteiger partial charge in [-0.25, -0.2) is 4.98 Å². The number of hydrogen-bond acceptors (Lipinski definition) is 4. The summed E-state index contributed by atoms with van der Waals surface area (Å²) in [6.07, 6.45) is 0. The molecule has 1 amide bonds. The number of ether oxygens (including phenoxy) is 1. The van der Waals surface area contributed by atoms with Crippen molar-refractivity contribution in [3.63, 3.8) is 0 Å². The molecule has 1 atom stereocenters. The lowest BCUT2D eigenvalue weighted by atomic mass is 10.3. The molecule has 2 N–H and O–H groups in total. The number of benzene rings is 2. The van der Waals surface area contributed by atoms with E-state index in [0.29, 0.717) is 15.9 Å². The Balaban J connectivity index is 1.71. The van der Waals surface area contributed by atoms with Crippen LogP contribution in [0.25, 0.3) is 11.0 Å². The molecule has 0 aliphatic rings. The van der Waals surface area contributed by atoms with E-state index in [1.807, 2.05) is 37.3 Å². The SMILES string of the molecule is COc1ccc2nc(SC(C)C(=O)Nc3ccccc3Cl)[nH]c2c1. The average molecular weight is 362 g/mol. The van der Waals surface area contributed by atoms with Gasteiger partial charge in [0.05, 0.1) is 34.1 Å². The highest BCUT2D eigenvalue weighted by molar-refractivity contribution is 8.00. The molecule has 1 unspecified atom stereocenters. The van der Waals surface area contributed by atoms with Crippen LogP contribution in [0.15, 0.2) is 47.6 Å². The van der Waals surface area contributed by atoms with Crippen molar-refractivity contribution in [2.75, 3.05) is 12.4 Å². The molecule has 1 aromatic heterocycles. The van der Waals surface area contributed by atoms with E-state index in [4.69, 9.17) is 16.3 Å². The third-order valence-corrected chi connectivity index (χ3v) is 4.77. The van der Waals surface area contributed by atoms with Crippen molar-refractivity contribution in [1.82, 2.24) is 9.97 Å². The van der Waals surface area contributed by atoms with Crippen LogP contribution in [0.2, 0.25) is 5.02 Å². The number of carbonyl (C=O) groups excluding carboxylic acids is 1. The minimum Gasteiger partial charge on any atom is -0.497 e. The van der Waals surface area contributed by atoms with E-state index in [0.717, 1.165) is 16.8 Å². The number of anilines is 1. The number of nitrogens with one attached hydrogen (secondary N) is 2. The van der Waals surface area contributed by atoms with Gasteiger partial charge in [-0.3, -0.25) is 4.79 Å². The molecule has 2 aromatic carbocycles. The molecule has 0 saturated heterocycles. The van der Waals surface area contributed by atoms with E-state index in [9.17, 15) is 4.79 Å². The van der Waals surface area contributed by atoms with Crippen LogP contribution in [-0.4, -0.2) is 28.2 Å². The number of methoxy groups -OCH3 is 1. The van der Waals surface area contributed by atoms with Gasteiger partial charge in [-0.2, -0.15) is 0 Å². The Bertz CT molecular complexity index is 881. The summed E-state index contributed by atoms with van der Waals surface area (Å²) in [4.78, 5) is 20.0. The van der Waals surface area contributed by atoms with Gasteiger partial charge >= 0.3 is 0 Å². The van der Waals surface area contributed by atoms with E-state index in [1.54, 1.807) is 19.2 Å². The van der Waals surface area contributed by atoms with Crippen LogP contribution in [0.1, 0.15) is 6.92 Å². The van der Waals surface area contributed by atoms with Gasteiger partial charge in [-0.15, -0.1) is 0 Å². The van der Waals surface area contributed by atoms with E-state index < -0.39 is 0 Å². The summed E-state index contributed by atoms with van der Waals surface area (Å²) in [5.41, 5.74) is 2.30. The van der Waals surface area contributed by atoms with Gasteiger partial charge in [-0.1, -0.05) is 35.5 Å². The molecule has 0 bridgehead atoms. The lowest BCUT2D eigenvalue weighted by Crippen LogP contribution is -2.22. The van der Waals surface area contributed by atoms with Crippen molar-refractivity contribution in [3.8, 4) is 5.75 Å². The number of fused-ring (bicyclic) bond motifs is 1. The molecule has 3 aromatic rings. The zero-order chi connectivity index (χ0) is 17.1. The lowest BCUT2D eigenvalue weighted by Gasteiger charge is -2.11. The molecule has 0 spiro atoms. The van der Waals surface area contributed by atoms with E-state index in [1.165, 1.54) is 11.8 Å². The number of rotatable bonds is 5. The molecular formula is C17H16ClN3O2S. The molecule has 7 heteroatoms. The summed E-state index contributed by atoms with van der Waals surface area (Å²) in [6.45, 7) is 1.82. The zero-order valence-corrected chi connectivity index (χ0v) is 14.7. The van der Waals surface area contributed by atoms with Crippen LogP contribution in [0, 0.1) is 0 Å². The fraction of sp³-hybridized carbons (Fsp3) is 0.176. The number of aromatic nitrogens is 2. The molecule has 1 heterocycles. The molecule has 124 valence electrons. The van der Waals surface area contributed by atoms with Crippen LogP contribution in [0.3, 0.4) is 0 Å². The zero-order valence-electron chi connectivity index (χ0n) is 13.2. The third kappa shape index (κ3) is 3.66. The second-order valence-electron chi connectivity index (χ2n) is 5.15. The number of amides is 1. The standard InChI is InChI=1S/C17H16ClN3O2S/c1-10(16(22)19-13-6-4-3-5-12(13)18)24-17-20-14-8-7-11(23-2)9-15(14)21-17/h3-10H,1-2H3,(H,19,22)(H,20,21). The number of imidazole rings is 1. The summed E-state index contributed by atoms with van der Waals surface area (Å²) >= 11 is 7.42. The summed E-state index contributed by atoms with van der Waals surface area (Å²) in [7, 11) is 1.62. The highest BCUT2D eigenvalue weighted by atomic mass is 35.5. The first kappa shape index (κ1) is 16.7. The van der Waals surface area contributed by atoms with Gasteiger partial charge in [0.25, 0.3) is 0 Å². The molecule has 3 rings (SSSR count). The number of carbonyl (C=O) groups is 1. The number of nitrogens with zero attached hydrogens (tertiary/aromatic N) is 1.